The quantitative estimate of drug-likeness (QED) is 0.360. The zero-order valence-electron chi connectivity index (χ0n) is 17.0. The van der Waals surface area contributed by atoms with Gasteiger partial charge in [-0.05, 0) is 66.7 Å². The summed E-state index contributed by atoms with van der Waals surface area (Å²) in [5.74, 6) is -1.80. The highest BCUT2D eigenvalue weighted by atomic mass is 35.5. The minimum Gasteiger partial charge on any atom is -0.493 e. The van der Waals surface area contributed by atoms with Crippen LogP contribution in [0, 0.1) is 0 Å². The van der Waals surface area contributed by atoms with E-state index in [4.69, 9.17) is 23.2 Å². The maximum Gasteiger partial charge on any atom is 0.416 e. The number of halogens is 5. The van der Waals surface area contributed by atoms with E-state index < -0.39 is 34.6 Å². The van der Waals surface area contributed by atoms with Crippen molar-refractivity contribution in [2.75, 3.05) is 5.32 Å². The minimum atomic E-state index is -4.62. The standard InChI is InChI=1S/C23H14Cl2F3N3O3/c24-14-4-8-17(9-5-14)30-21(33)19(22(34)31(30)18-10-6-15(25)7-11-18)20(32)29-16-3-1-2-13(12-16)23(26,27)28/h1-12,33H,(H,29,32). The van der Waals surface area contributed by atoms with E-state index in [-0.39, 0.29) is 11.4 Å². The van der Waals surface area contributed by atoms with E-state index in [1.54, 1.807) is 0 Å². The summed E-state index contributed by atoms with van der Waals surface area (Å²) in [5, 5.41) is 13.9. The fraction of sp³-hybridized carbons (Fsp3) is 0.0435. The monoisotopic (exact) mass is 507 g/mol. The molecule has 0 aliphatic carbocycles. The molecule has 0 aliphatic rings. The van der Waals surface area contributed by atoms with Crippen LogP contribution < -0.4 is 10.9 Å². The molecule has 0 radical (unpaired) electrons. The fourth-order valence-electron chi connectivity index (χ4n) is 3.29. The number of nitrogens with one attached hydrogen (secondary N) is 1. The zero-order valence-corrected chi connectivity index (χ0v) is 18.5. The molecule has 2 N–H and O–H groups in total. The Morgan fingerprint density at radius 2 is 1.38 bits per heavy atom. The first kappa shape index (κ1) is 23.5. The van der Waals surface area contributed by atoms with Crippen LogP contribution in [-0.4, -0.2) is 20.4 Å². The number of nitrogens with zero attached hydrogens (tertiary/aromatic N) is 2. The second-order valence-electron chi connectivity index (χ2n) is 7.11. The lowest BCUT2D eigenvalue weighted by Gasteiger charge is -2.12. The van der Waals surface area contributed by atoms with Gasteiger partial charge in [0.2, 0.25) is 5.88 Å². The van der Waals surface area contributed by atoms with Crippen LogP contribution in [0.4, 0.5) is 18.9 Å². The molecule has 174 valence electrons. The van der Waals surface area contributed by atoms with E-state index in [0.717, 1.165) is 27.6 Å². The molecule has 11 heteroatoms. The summed E-state index contributed by atoms with van der Waals surface area (Å²) in [4.78, 5) is 26.2. The van der Waals surface area contributed by atoms with Crippen LogP contribution in [-0.2, 0) is 6.18 Å². The van der Waals surface area contributed by atoms with Gasteiger partial charge in [-0.15, -0.1) is 0 Å². The van der Waals surface area contributed by atoms with Crippen molar-refractivity contribution in [1.82, 2.24) is 9.36 Å². The number of benzene rings is 3. The Morgan fingerprint density at radius 3 is 1.91 bits per heavy atom. The van der Waals surface area contributed by atoms with Crippen molar-refractivity contribution in [3.05, 3.63) is 104 Å². The van der Waals surface area contributed by atoms with Gasteiger partial charge < -0.3 is 10.4 Å². The summed E-state index contributed by atoms with van der Waals surface area (Å²) >= 11 is 11.9. The van der Waals surface area contributed by atoms with Gasteiger partial charge in [-0.3, -0.25) is 9.59 Å². The second kappa shape index (κ2) is 8.92. The zero-order chi connectivity index (χ0) is 24.6. The maximum absolute atomic E-state index is 13.3. The lowest BCUT2D eigenvalue weighted by Crippen LogP contribution is -2.25. The molecule has 4 rings (SSSR count). The van der Waals surface area contributed by atoms with E-state index in [2.05, 4.69) is 5.32 Å². The molecule has 0 aliphatic heterocycles. The van der Waals surface area contributed by atoms with Gasteiger partial charge in [0.15, 0.2) is 5.56 Å². The number of alkyl halides is 3. The Balaban J connectivity index is 1.85. The number of aromatic hydroxyl groups is 1. The van der Waals surface area contributed by atoms with Gasteiger partial charge in [-0.2, -0.15) is 13.2 Å². The van der Waals surface area contributed by atoms with Crippen LogP contribution in [0.2, 0.25) is 10.0 Å². The van der Waals surface area contributed by atoms with E-state index >= 15 is 0 Å². The Bertz CT molecular complexity index is 1430. The molecular weight excluding hydrogens is 494 g/mol. The molecule has 0 bridgehead atoms. The molecule has 6 nitrogen and oxygen atoms in total. The largest absolute Gasteiger partial charge is 0.493 e. The van der Waals surface area contributed by atoms with E-state index in [0.29, 0.717) is 15.7 Å². The predicted molar refractivity (Wildman–Crippen MR) is 122 cm³/mol. The Kier molecular flexibility index (Phi) is 6.16. The lowest BCUT2D eigenvalue weighted by atomic mass is 10.2. The van der Waals surface area contributed by atoms with Crippen molar-refractivity contribution in [2.45, 2.75) is 6.18 Å². The molecule has 1 amide bonds. The highest BCUT2D eigenvalue weighted by Gasteiger charge is 2.31. The third-order valence-corrected chi connectivity index (χ3v) is 5.35. The van der Waals surface area contributed by atoms with E-state index in [9.17, 15) is 27.9 Å². The van der Waals surface area contributed by atoms with Crippen molar-refractivity contribution < 1.29 is 23.1 Å². The summed E-state index contributed by atoms with van der Waals surface area (Å²) in [6.45, 7) is 0. The molecule has 0 atom stereocenters. The SMILES string of the molecule is O=C(Nc1cccc(C(F)(F)F)c1)c1c(O)n(-c2ccc(Cl)cc2)n(-c2ccc(Cl)cc2)c1=O. The fourth-order valence-corrected chi connectivity index (χ4v) is 3.55. The summed E-state index contributed by atoms with van der Waals surface area (Å²) in [5.41, 5.74) is -2.17. The molecule has 0 fully saturated rings. The van der Waals surface area contributed by atoms with E-state index in [1.165, 1.54) is 54.6 Å². The number of carbonyl (C=O) groups excluding carboxylic acids is 1. The average Bonchev–Trinajstić information content (AvgIpc) is 3.04. The highest BCUT2D eigenvalue weighted by Crippen LogP contribution is 2.31. The van der Waals surface area contributed by atoms with Crippen LogP contribution >= 0.6 is 23.2 Å². The molecule has 4 aromatic rings. The first-order valence-corrected chi connectivity index (χ1v) is 10.4. The van der Waals surface area contributed by atoms with Crippen molar-refractivity contribution in [1.29, 1.82) is 0 Å². The molecule has 1 aromatic heterocycles. The van der Waals surface area contributed by atoms with Crippen LogP contribution in [0.5, 0.6) is 5.88 Å². The van der Waals surface area contributed by atoms with Gasteiger partial charge in [0.25, 0.3) is 11.5 Å². The number of aromatic nitrogens is 2. The van der Waals surface area contributed by atoms with Crippen LogP contribution in [0.15, 0.2) is 77.6 Å². The molecule has 0 spiro atoms. The number of hydrogen-bond acceptors (Lipinski definition) is 3. The van der Waals surface area contributed by atoms with Crippen molar-refractivity contribution in [2.24, 2.45) is 0 Å². The molecule has 0 unspecified atom stereocenters. The van der Waals surface area contributed by atoms with Crippen LogP contribution in [0.1, 0.15) is 15.9 Å². The highest BCUT2D eigenvalue weighted by molar-refractivity contribution is 6.30. The Labute approximate surface area is 200 Å². The van der Waals surface area contributed by atoms with Crippen molar-refractivity contribution >= 4 is 34.8 Å². The third kappa shape index (κ3) is 4.52. The molecule has 0 saturated carbocycles. The van der Waals surface area contributed by atoms with Crippen molar-refractivity contribution in [3.63, 3.8) is 0 Å². The summed E-state index contributed by atoms with van der Waals surface area (Å²) in [6.07, 6.45) is -4.62. The van der Waals surface area contributed by atoms with Gasteiger partial charge in [0.05, 0.1) is 16.9 Å². The first-order valence-electron chi connectivity index (χ1n) is 9.64. The summed E-state index contributed by atoms with van der Waals surface area (Å²) in [6, 6.07) is 16.0. The molecule has 1 heterocycles. The number of amides is 1. The van der Waals surface area contributed by atoms with Gasteiger partial charge in [-0.1, -0.05) is 29.3 Å². The van der Waals surface area contributed by atoms with Gasteiger partial charge in [0, 0.05) is 15.7 Å². The third-order valence-electron chi connectivity index (χ3n) is 4.85. The summed E-state index contributed by atoms with van der Waals surface area (Å²) < 4.78 is 41.2. The second-order valence-corrected chi connectivity index (χ2v) is 7.99. The average molecular weight is 508 g/mol. The molecule has 34 heavy (non-hydrogen) atoms. The Morgan fingerprint density at radius 1 is 0.853 bits per heavy atom. The smallest absolute Gasteiger partial charge is 0.416 e. The van der Waals surface area contributed by atoms with Crippen molar-refractivity contribution in [3.8, 4) is 17.3 Å². The minimum absolute atomic E-state index is 0.198. The van der Waals surface area contributed by atoms with Gasteiger partial charge in [0.1, 0.15) is 0 Å². The predicted octanol–water partition coefficient (Wildman–Crippen LogP) is 5.91. The van der Waals surface area contributed by atoms with E-state index in [1.807, 2.05) is 0 Å². The molecular formula is C23H14Cl2F3N3O3. The van der Waals surface area contributed by atoms with Crippen LogP contribution in [0.25, 0.3) is 11.4 Å². The lowest BCUT2D eigenvalue weighted by molar-refractivity contribution is -0.137. The Hall–Kier alpha value is -3.69. The molecule has 3 aromatic carbocycles. The normalized spacial score (nSPS) is 11.4. The summed E-state index contributed by atoms with van der Waals surface area (Å²) in [7, 11) is 0. The first-order chi connectivity index (χ1) is 16.1. The maximum atomic E-state index is 13.3. The topological polar surface area (TPSA) is 76.3 Å². The number of anilines is 1. The number of carbonyl (C=O) groups is 1. The van der Waals surface area contributed by atoms with Crippen LogP contribution in [0.3, 0.4) is 0 Å². The van der Waals surface area contributed by atoms with Gasteiger partial charge >= 0.3 is 6.18 Å². The molecule has 0 saturated heterocycles. The number of rotatable bonds is 4. The van der Waals surface area contributed by atoms with Gasteiger partial charge in [-0.25, -0.2) is 9.36 Å². The number of hydrogen-bond donors (Lipinski definition) is 2.